The van der Waals surface area contributed by atoms with E-state index in [1.165, 1.54) is 11.8 Å². The van der Waals surface area contributed by atoms with Crippen LogP contribution in [0, 0.1) is 0 Å². The van der Waals surface area contributed by atoms with Crippen molar-refractivity contribution in [3.8, 4) is 11.5 Å². The molecule has 0 spiro atoms. The van der Waals surface area contributed by atoms with E-state index in [9.17, 15) is 4.79 Å². The van der Waals surface area contributed by atoms with E-state index in [2.05, 4.69) is 15.5 Å². The number of likely N-dealkylation sites (N-methyl/N-ethyl adjacent to an activating group) is 1. The van der Waals surface area contributed by atoms with Crippen molar-refractivity contribution in [2.24, 2.45) is 0 Å². The van der Waals surface area contributed by atoms with Crippen molar-refractivity contribution in [1.82, 2.24) is 25.1 Å². The summed E-state index contributed by atoms with van der Waals surface area (Å²) in [6.45, 7) is 1.42. The summed E-state index contributed by atoms with van der Waals surface area (Å²) in [6, 6.07) is 17.5. The Bertz CT molecular complexity index is 966. The quantitative estimate of drug-likeness (QED) is 0.551. The summed E-state index contributed by atoms with van der Waals surface area (Å²) in [4.78, 5) is 14.2. The fourth-order valence-electron chi connectivity index (χ4n) is 2.95. The monoisotopic (exact) mass is 411 g/mol. The van der Waals surface area contributed by atoms with Gasteiger partial charge in [-0.05, 0) is 28.1 Å². The molecule has 0 bridgehead atoms. The Hall–Kier alpha value is -3.07. The summed E-state index contributed by atoms with van der Waals surface area (Å²) < 4.78 is 13.3. The molecule has 0 radical (unpaired) electrons. The zero-order valence-corrected chi connectivity index (χ0v) is 16.8. The third-order valence-electron chi connectivity index (χ3n) is 4.47. The number of hydrogen-bond acceptors (Lipinski definition) is 7. The van der Waals surface area contributed by atoms with Gasteiger partial charge in [-0.3, -0.25) is 4.79 Å². The van der Waals surface area contributed by atoms with E-state index in [4.69, 9.17) is 9.47 Å². The van der Waals surface area contributed by atoms with Crippen molar-refractivity contribution in [2.75, 3.05) is 26.0 Å². The lowest BCUT2D eigenvalue weighted by atomic mass is 10.2. The Labute approximate surface area is 172 Å². The molecule has 1 aliphatic rings. The molecule has 0 aliphatic carbocycles. The topological polar surface area (TPSA) is 82.4 Å². The number of aromatic nitrogens is 4. The summed E-state index contributed by atoms with van der Waals surface area (Å²) >= 11 is 1.32. The first-order valence-corrected chi connectivity index (χ1v) is 10.2. The summed E-state index contributed by atoms with van der Waals surface area (Å²) in [6.07, 6.45) is -0.202. The first kappa shape index (κ1) is 19.3. The normalized spacial score (nSPS) is 15.1. The van der Waals surface area contributed by atoms with Crippen LogP contribution in [0.2, 0.25) is 0 Å². The van der Waals surface area contributed by atoms with E-state index in [0.717, 1.165) is 11.3 Å². The highest BCUT2D eigenvalue weighted by atomic mass is 32.2. The average Bonchev–Trinajstić information content (AvgIpc) is 3.19. The second-order valence-corrected chi connectivity index (χ2v) is 7.61. The van der Waals surface area contributed by atoms with E-state index in [1.807, 2.05) is 54.6 Å². The molecule has 2 aromatic carbocycles. The largest absolute Gasteiger partial charge is 0.486 e. The van der Waals surface area contributed by atoms with E-state index in [-0.39, 0.29) is 17.8 Å². The number of nitrogens with zero attached hydrogens (tertiary/aromatic N) is 5. The fourth-order valence-corrected chi connectivity index (χ4v) is 3.77. The minimum atomic E-state index is -0.202. The molecular weight excluding hydrogens is 390 g/mol. The van der Waals surface area contributed by atoms with Gasteiger partial charge in [0.1, 0.15) is 6.61 Å². The molecule has 0 fully saturated rings. The van der Waals surface area contributed by atoms with Crippen molar-refractivity contribution < 1.29 is 14.3 Å². The summed E-state index contributed by atoms with van der Waals surface area (Å²) in [7, 11) is 1.76. The summed E-state index contributed by atoms with van der Waals surface area (Å²) in [5.74, 6) is 1.67. The minimum absolute atomic E-state index is 0.0216. The Morgan fingerprint density at radius 2 is 1.93 bits per heavy atom. The number of para-hydroxylation sites is 2. The minimum Gasteiger partial charge on any atom is -0.486 e. The van der Waals surface area contributed by atoms with Gasteiger partial charge in [0, 0.05) is 7.05 Å². The number of fused-ring (bicyclic) bond motifs is 1. The smallest absolute Gasteiger partial charge is 0.232 e. The van der Waals surface area contributed by atoms with Crippen LogP contribution in [0.4, 0.5) is 0 Å². The Kier molecular flexibility index (Phi) is 5.95. The summed E-state index contributed by atoms with van der Waals surface area (Å²) in [5, 5.41) is 12.4. The standard InChI is InChI=1S/C20H21N5O3S/c1-24(12-16-13-27-17-9-5-6-10-18(17)28-16)19(26)14-29-20-21-22-23-25(20)11-15-7-3-2-4-8-15/h2-10,16H,11-14H2,1H3/t16-/m0/s1. The van der Waals surface area contributed by atoms with Crippen LogP contribution in [0.25, 0.3) is 0 Å². The maximum atomic E-state index is 12.6. The molecule has 1 aromatic heterocycles. The summed E-state index contributed by atoms with van der Waals surface area (Å²) in [5.41, 5.74) is 1.10. The molecule has 0 saturated heterocycles. The van der Waals surface area contributed by atoms with Gasteiger partial charge in [0.05, 0.1) is 18.8 Å². The van der Waals surface area contributed by atoms with Crippen LogP contribution in [0.3, 0.4) is 0 Å². The number of benzene rings is 2. The molecule has 0 unspecified atom stereocenters. The second-order valence-electron chi connectivity index (χ2n) is 6.67. The van der Waals surface area contributed by atoms with Gasteiger partial charge in [0.2, 0.25) is 11.1 Å². The molecular formula is C20H21N5O3S. The van der Waals surface area contributed by atoms with Crippen LogP contribution >= 0.6 is 11.8 Å². The first-order valence-electron chi connectivity index (χ1n) is 9.24. The molecule has 0 saturated carbocycles. The molecule has 1 aliphatic heterocycles. The second kappa shape index (κ2) is 8.95. The van der Waals surface area contributed by atoms with Gasteiger partial charge in [-0.15, -0.1) is 5.10 Å². The highest BCUT2D eigenvalue weighted by Crippen LogP contribution is 2.31. The number of amides is 1. The molecule has 150 valence electrons. The van der Waals surface area contributed by atoms with Gasteiger partial charge in [-0.1, -0.05) is 54.2 Å². The van der Waals surface area contributed by atoms with Crippen LogP contribution in [-0.4, -0.2) is 63.1 Å². The van der Waals surface area contributed by atoms with Crippen LogP contribution in [-0.2, 0) is 11.3 Å². The van der Waals surface area contributed by atoms with Gasteiger partial charge >= 0.3 is 0 Å². The van der Waals surface area contributed by atoms with E-state index >= 15 is 0 Å². The van der Waals surface area contributed by atoms with Crippen molar-refractivity contribution in [3.63, 3.8) is 0 Å². The van der Waals surface area contributed by atoms with Crippen molar-refractivity contribution in [2.45, 2.75) is 17.8 Å². The molecule has 3 aromatic rings. The Morgan fingerprint density at radius 1 is 1.17 bits per heavy atom. The zero-order valence-electron chi connectivity index (χ0n) is 16.0. The van der Waals surface area contributed by atoms with Crippen LogP contribution in [0.15, 0.2) is 59.8 Å². The number of carbonyl (C=O) groups excluding carboxylic acids is 1. The van der Waals surface area contributed by atoms with Crippen LogP contribution in [0.5, 0.6) is 11.5 Å². The molecule has 29 heavy (non-hydrogen) atoms. The lowest BCUT2D eigenvalue weighted by molar-refractivity contribution is -0.128. The molecule has 1 atom stereocenters. The maximum Gasteiger partial charge on any atom is 0.232 e. The lowest BCUT2D eigenvalue weighted by Gasteiger charge is -2.29. The zero-order chi connectivity index (χ0) is 20.1. The fraction of sp³-hybridized carbons (Fsp3) is 0.300. The Morgan fingerprint density at radius 3 is 2.76 bits per heavy atom. The number of hydrogen-bond donors (Lipinski definition) is 0. The van der Waals surface area contributed by atoms with Gasteiger partial charge in [0.25, 0.3) is 0 Å². The van der Waals surface area contributed by atoms with Crippen molar-refractivity contribution in [1.29, 1.82) is 0 Å². The van der Waals surface area contributed by atoms with E-state index in [0.29, 0.717) is 30.6 Å². The predicted molar refractivity (Wildman–Crippen MR) is 108 cm³/mol. The van der Waals surface area contributed by atoms with Gasteiger partial charge in [-0.25, -0.2) is 4.68 Å². The highest BCUT2D eigenvalue weighted by molar-refractivity contribution is 7.99. The maximum absolute atomic E-state index is 12.6. The SMILES string of the molecule is CN(C[C@H]1COc2ccccc2O1)C(=O)CSc1nnnn1Cc1ccccc1. The number of ether oxygens (including phenoxy) is 2. The van der Waals surface area contributed by atoms with Gasteiger partial charge in [-0.2, -0.15) is 0 Å². The van der Waals surface area contributed by atoms with Gasteiger partial charge in [0.15, 0.2) is 17.6 Å². The lowest BCUT2D eigenvalue weighted by Crippen LogP contribution is -2.42. The van der Waals surface area contributed by atoms with Crippen LogP contribution < -0.4 is 9.47 Å². The molecule has 2 heterocycles. The third kappa shape index (κ3) is 4.86. The number of thioether (sulfide) groups is 1. The Balaban J connectivity index is 1.29. The number of tetrazole rings is 1. The van der Waals surface area contributed by atoms with Crippen molar-refractivity contribution in [3.05, 3.63) is 60.2 Å². The number of rotatable bonds is 7. The highest BCUT2D eigenvalue weighted by Gasteiger charge is 2.24. The number of carbonyl (C=O) groups is 1. The van der Waals surface area contributed by atoms with Crippen molar-refractivity contribution >= 4 is 17.7 Å². The van der Waals surface area contributed by atoms with E-state index < -0.39 is 0 Å². The first-order chi connectivity index (χ1) is 14.2. The average molecular weight is 411 g/mol. The molecule has 9 heteroatoms. The predicted octanol–water partition coefficient (Wildman–Crippen LogP) is 2.11. The van der Waals surface area contributed by atoms with E-state index in [1.54, 1.807) is 16.6 Å². The molecule has 0 N–H and O–H groups in total. The molecule has 8 nitrogen and oxygen atoms in total. The molecule has 4 rings (SSSR count). The third-order valence-corrected chi connectivity index (χ3v) is 5.41. The molecule has 1 amide bonds. The van der Waals surface area contributed by atoms with Crippen LogP contribution in [0.1, 0.15) is 5.56 Å². The van der Waals surface area contributed by atoms with Gasteiger partial charge < -0.3 is 14.4 Å².